The summed E-state index contributed by atoms with van der Waals surface area (Å²) in [7, 11) is 1.64. The number of methoxy groups -OCH3 is 1. The van der Waals surface area contributed by atoms with Crippen molar-refractivity contribution in [2.75, 3.05) is 12.4 Å². The molecule has 0 aliphatic rings. The third-order valence-electron chi connectivity index (χ3n) is 4.37. The number of rotatable bonds is 6. The summed E-state index contributed by atoms with van der Waals surface area (Å²) in [5, 5.41) is 4.72. The van der Waals surface area contributed by atoms with Crippen LogP contribution < -0.4 is 14.8 Å². The SMILES string of the molecule is COc1ccccc1COc1ccc(Nc2ncnc3ccc(Br)cc23)cc1Cl. The smallest absolute Gasteiger partial charge is 0.141 e. The molecule has 4 rings (SSSR count). The van der Waals surface area contributed by atoms with Crippen molar-refractivity contribution in [1.29, 1.82) is 0 Å². The van der Waals surface area contributed by atoms with Gasteiger partial charge in [-0.25, -0.2) is 9.97 Å². The first-order valence-corrected chi connectivity index (χ1v) is 10.0. The van der Waals surface area contributed by atoms with Gasteiger partial charge in [0, 0.05) is 21.1 Å². The van der Waals surface area contributed by atoms with E-state index in [4.69, 9.17) is 21.1 Å². The van der Waals surface area contributed by atoms with Crippen molar-refractivity contribution in [3.05, 3.63) is 82.0 Å². The Hall–Kier alpha value is -2.83. The number of benzene rings is 3. The van der Waals surface area contributed by atoms with E-state index in [2.05, 4.69) is 31.2 Å². The van der Waals surface area contributed by atoms with Crippen molar-refractivity contribution in [2.24, 2.45) is 0 Å². The molecule has 0 amide bonds. The van der Waals surface area contributed by atoms with E-state index in [9.17, 15) is 0 Å². The Balaban J connectivity index is 1.53. The van der Waals surface area contributed by atoms with Gasteiger partial charge in [0.2, 0.25) is 0 Å². The number of aromatic nitrogens is 2. The number of hydrogen-bond donors (Lipinski definition) is 1. The topological polar surface area (TPSA) is 56.3 Å². The molecule has 29 heavy (non-hydrogen) atoms. The van der Waals surface area contributed by atoms with Gasteiger partial charge in [-0.1, -0.05) is 45.7 Å². The highest BCUT2D eigenvalue weighted by Crippen LogP contribution is 2.32. The van der Waals surface area contributed by atoms with Gasteiger partial charge < -0.3 is 14.8 Å². The van der Waals surface area contributed by atoms with Crippen LogP contribution in [-0.4, -0.2) is 17.1 Å². The zero-order chi connectivity index (χ0) is 20.2. The molecule has 0 aliphatic heterocycles. The Kier molecular flexibility index (Phi) is 5.83. The number of nitrogens with one attached hydrogen (secondary N) is 1. The zero-order valence-electron chi connectivity index (χ0n) is 15.5. The van der Waals surface area contributed by atoms with Crippen LogP contribution in [0.25, 0.3) is 10.9 Å². The van der Waals surface area contributed by atoms with E-state index in [0.717, 1.165) is 32.4 Å². The average molecular weight is 471 g/mol. The highest BCUT2D eigenvalue weighted by Gasteiger charge is 2.09. The lowest BCUT2D eigenvalue weighted by Crippen LogP contribution is -2.00. The first-order chi connectivity index (χ1) is 14.1. The van der Waals surface area contributed by atoms with Crippen LogP contribution in [0.5, 0.6) is 11.5 Å². The van der Waals surface area contributed by atoms with E-state index in [1.54, 1.807) is 7.11 Å². The Bertz CT molecular complexity index is 1170. The number of anilines is 2. The number of hydrogen-bond acceptors (Lipinski definition) is 5. The van der Waals surface area contributed by atoms with Crippen molar-refractivity contribution in [2.45, 2.75) is 6.61 Å². The molecule has 0 saturated heterocycles. The predicted octanol–water partition coefficient (Wildman–Crippen LogP) is 6.38. The lowest BCUT2D eigenvalue weighted by Gasteiger charge is -2.13. The Morgan fingerprint density at radius 2 is 1.86 bits per heavy atom. The van der Waals surface area contributed by atoms with Crippen LogP contribution in [0.3, 0.4) is 0 Å². The second kappa shape index (κ2) is 8.68. The van der Waals surface area contributed by atoms with Crippen LogP contribution in [-0.2, 0) is 6.61 Å². The van der Waals surface area contributed by atoms with E-state index in [-0.39, 0.29) is 0 Å². The minimum atomic E-state index is 0.362. The number of para-hydroxylation sites is 1. The quantitative estimate of drug-likeness (QED) is 0.354. The minimum Gasteiger partial charge on any atom is -0.496 e. The molecule has 7 heteroatoms. The van der Waals surface area contributed by atoms with Gasteiger partial charge in [0.15, 0.2) is 0 Å². The van der Waals surface area contributed by atoms with Crippen molar-refractivity contribution in [3.63, 3.8) is 0 Å². The third-order valence-corrected chi connectivity index (χ3v) is 5.16. The summed E-state index contributed by atoms with van der Waals surface area (Å²) in [4.78, 5) is 8.65. The molecule has 0 unspecified atom stereocenters. The van der Waals surface area contributed by atoms with E-state index in [1.807, 2.05) is 60.7 Å². The van der Waals surface area contributed by atoms with Gasteiger partial charge in [0.25, 0.3) is 0 Å². The second-order valence-electron chi connectivity index (χ2n) is 6.25. The maximum atomic E-state index is 6.44. The molecule has 1 heterocycles. The zero-order valence-corrected chi connectivity index (χ0v) is 17.9. The molecule has 0 fully saturated rings. The molecule has 1 N–H and O–H groups in total. The van der Waals surface area contributed by atoms with Gasteiger partial charge in [-0.15, -0.1) is 0 Å². The van der Waals surface area contributed by atoms with Crippen LogP contribution in [0.4, 0.5) is 11.5 Å². The molecule has 0 atom stereocenters. The van der Waals surface area contributed by atoms with Crippen LogP contribution in [0, 0.1) is 0 Å². The van der Waals surface area contributed by atoms with Gasteiger partial charge in [-0.05, 0) is 42.5 Å². The number of halogens is 2. The van der Waals surface area contributed by atoms with Crippen LogP contribution in [0.15, 0.2) is 71.5 Å². The van der Waals surface area contributed by atoms with Crippen molar-refractivity contribution in [1.82, 2.24) is 9.97 Å². The maximum absolute atomic E-state index is 6.44. The number of ether oxygens (including phenoxy) is 2. The molecule has 0 spiro atoms. The van der Waals surface area contributed by atoms with Crippen molar-refractivity contribution < 1.29 is 9.47 Å². The fraction of sp³-hybridized carbons (Fsp3) is 0.0909. The first kappa shape index (κ1) is 19.5. The highest BCUT2D eigenvalue weighted by molar-refractivity contribution is 9.10. The summed E-state index contributed by atoms with van der Waals surface area (Å²) in [6.45, 7) is 0.362. The second-order valence-corrected chi connectivity index (χ2v) is 7.58. The summed E-state index contributed by atoms with van der Waals surface area (Å²) in [6.07, 6.45) is 1.53. The van der Waals surface area contributed by atoms with E-state index in [1.165, 1.54) is 6.33 Å². The van der Waals surface area contributed by atoms with E-state index < -0.39 is 0 Å². The molecule has 1 aromatic heterocycles. The summed E-state index contributed by atoms with van der Waals surface area (Å²) >= 11 is 9.93. The largest absolute Gasteiger partial charge is 0.496 e. The molecule has 146 valence electrons. The van der Waals surface area contributed by atoms with Crippen molar-refractivity contribution in [3.8, 4) is 11.5 Å². The van der Waals surface area contributed by atoms with E-state index >= 15 is 0 Å². The lowest BCUT2D eigenvalue weighted by molar-refractivity contribution is 0.297. The number of nitrogens with zero attached hydrogens (tertiary/aromatic N) is 2. The molecule has 4 aromatic rings. The molecular formula is C22H17BrClN3O2. The van der Waals surface area contributed by atoms with Gasteiger partial charge in [0.1, 0.15) is 30.3 Å². The van der Waals surface area contributed by atoms with Gasteiger partial charge in [-0.3, -0.25) is 0 Å². The summed E-state index contributed by atoms with van der Waals surface area (Å²) in [5.74, 6) is 2.08. The maximum Gasteiger partial charge on any atom is 0.141 e. The molecule has 0 bridgehead atoms. The van der Waals surface area contributed by atoms with Crippen molar-refractivity contribution >= 4 is 49.9 Å². The van der Waals surface area contributed by atoms with Gasteiger partial charge in [-0.2, -0.15) is 0 Å². The average Bonchev–Trinajstić information content (AvgIpc) is 2.74. The Labute approximate surface area is 181 Å². The standard InChI is InChI=1S/C22H17BrClN3O2/c1-28-20-5-3-2-4-14(20)12-29-21-9-7-16(11-18(21)24)27-22-17-10-15(23)6-8-19(17)25-13-26-22/h2-11,13H,12H2,1H3,(H,25,26,27). The van der Waals surface area contributed by atoms with Crippen LogP contribution >= 0.6 is 27.5 Å². The summed E-state index contributed by atoms with van der Waals surface area (Å²) in [6, 6.07) is 19.1. The Morgan fingerprint density at radius 3 is 2.69 bits per heavy atom. The first-order valence-electron chi connectivity index (χ1n) is 8.85. The highest BCUT2D eigenvalue weighted by atomic mass is 79.9. The fourth-order valence-corrected chi connectivity index (χ4v) is 3.53. The Morgan fingerprint density at radius 1 is 1.00 bits per heavy atom. The molecule has 0 saturated carbocycles. The molecule has 3 aromatic carbocycles. The summed E-state index contributed by atoms with van der Waals surface area (Å²) < 4.78 is 12.2. The van der Waals surface area contributed by atoms with Gasteiger partial charge in [0.05, 0.1) is 17.6 Å². The van der Waals surface area contributed by atoms with Crippen LogP contribution in [0.1, 0.15) is 5.56 Å². The normalized spacial score (nSPS) is 10.7. The van der Waals surface area contributed by atoms with Gasteiger partial charge >= 0.3 is 0 Å². The van der Waals surface area contributed by atoms with E-state index in [0.29, 0.717) is 23.2 Å². The minimum absolute atomic E-state index is 0.362. The summed E-state index contributed by atoms with van der Waals surface area (Å²) in [5.41, 5.74) is 2.61. The molecular weight excluding hydrogens is 454 g/mol. The molecule has 0 radical (unpaired) electrons. The predicted molar refractivity (Wildman–Crippen MR) is 119 cm³/mol. The van der Waals surface area contributed by atoms with Crippen LogP contribution in [0.2, 0.25) is 5.02 Å². The fourth-order valence-electron chi connectivity index (χ4n) is 2.94. The number of fused-ring (bicyclic) bond motifs is 1. The monoisotopic (exact) mass is 469 g/mol. The third kappa shape index (κ3) is 4.44. The molecule has 5 nitrogen and oxygen atoms in total. The lowest BCUT2D eigenvalue weighted by atomic mass is 10.2. The molecule has 0 aliphatic carbocycles.